The van der Waals surface area contributed by atoms with Crippen LogP contribution in [0.4, 0.5) is 0 Å². The number of aromatic nitrogens is 3. The van der Waals surface area contributed by atoms with E-state index in [9.17, 15) is 4.79 Å². The molecule has 3 heterocycles. The summed E-state index contributed by atoms with van der Waals surface area (Å²) < 4.78 is 0. The average molecular weight is 341 g/mol. The molecule has 0 bridgehead atoms. The number of aryl methyl sites for hydroxylation is 1. The van der Waals surface area contributed by atoms with Crippen LogP contribution in [0.25, 0.3) is 0 Å². The van der Waals surface area contributed by atoms with Crippen LogP contribution in [-0.4, -0.2) is 31.7 Å². The highest BCUT2D eigenvalue weighted by Gasteiger charge is 2.30. The molecular weight excluding hydrogens is 322 g/mol. The Bertz CT molecular complexity index is 790. The molecule has 2 N–H and O–H groups in total. The largest absolute Gasteiger partial charge is 0.379 e. The maximum absolute atomic E-state index is 12.4. The quantitative estimate of drug-likeness (QED) is 0.857. The van der Waals surface area contributed by atoms with E-state index in [1.54, 1.807) is 30.4 Å². The van der Waals surface area contributed by atoms with E-state index in [0.29, 0.717) is 10.9 Å². The van der Waals surface area contributed by atoms with Crippen LogP contribution in [0.2, 0.25) is 0 Å². The van der Waals surface area contributed by atoms with Crippen molar-refractivity contribution >= 4 is 22.7 Å². The number of hydrogen-bond donors (Lipinski definition) is 1. The van der Waals surface area contributed by atoms with E-state index in [1.165, 1.54) is 6.20 Å². The molecule has 2 aromatic rings. The SMILES string of the molecule is Cc1cnc(C(=O)Cc2cncc([C@]3(C)CCSC(N)=N3)c2)cn1. The Morgan fingerprint density at radius 3 is 2.83 bits per heavy atom. The summed E-state index contributed by atoms with van der Waals surface area (Å²) in [6, 6.07) is 1.99. The Balaban J connectivity index is 1.82. The number of nitrogens with zero attached hydrogens (tertiary/aromatic N) is 4. The molecule has 0 fully saturated rings. The molecule has 6 nitrogen and oxygen atoms in total. The van der Waals surface area contributed by atoms with Crippen LogP contribution in [0.3, 0.4) is 0 Å². The van der Waals surface area contributed by atoms with Gasteiger partial charge in [-0.2, -0.15) is 0 Å². The van der Waals surface area contributed by atoms with E-state index in [1.807, 2.05) is 19.9 Å². The highest BCUT2D eigenvalue weighted by atomic mass is 32.2. The smallest absolute Gasteiger partial charge is 0.187 e. The van der Waals surface area contributed by atoms with Gasteiger partial charge in [-0.05, 0) is 37.5 Å². The number of thioether (sulfide) groups is 1. The number of hydrogen-bond acceptors (Lipinski definition) is 7. The van der Waals surface area contributed by atoms with Gasteiger partial charge >= 0.3 is 0 Å². The number of nitrogens with two attached hydrogens (primary N) is 1. The predicted octanol–water partition coefficient (Wildman–Crippen LogP) is 2.27. The normalized spacial score (nSPS) is 20.5. The van der Waals surface area contributed by atoms with Gasteiger partial charge in [0.05, 0.1) is 17.4 Å². The average Bonchev–Trinajstić information content (AvgIpc) is 2.55. The molecule has 24 heavy (non-hydrogen) atoms. The van der Waals surface area contributed by atoms with E-state index in [4.69, 9.17) is 5.73 Å². The lowest BCUT2D eigenvalue weighted by Gasteiger charge is -2.29. The minimum Gasteiger partial charge on any atom is -0.379 e. The highest BCUT2D eigenvalue weighted by molar-refractivity contribution is 8.13. The van der Waals surface area contributed by atoms with Crippen LogP contribution in [0, 0.1) is 6.92 Å². The molecule has 1 atom stereocenters. The van der Waals surface area contributed by atoms with E-state index in [-0.39, 0.29) is 17.7 Å². The Morgan fingerprint density at radius 1 is 1.29 bits per heavy atom. The van der Waals surface area contributed by atoms with Crippen molar-refractivity contribution in [1.29, 1.82) is 0 Å². The van der Waals surface area contributed by atoms with Crippen LogP contribution in [-0.2, 0) is 12.0 Å². The molecule has 0 saturated carbocycles. The van der Waals surface area contributed by atoms with Crippen molar-refractivity contribution in [1.82, 2.24) is 15.0 Å². The second kappa shape index (κ2) is 6.68. The molecule has 0 radical (unpaired) electrons. The first-order valence-corrected chi connectivity index (χ1v) is 8.69. The van der Waals surface area contributed by atoms with Crippen molar-refractivity contribution in [3.8, 4) is 0 Å². The molecule has 3 rings (SSSR count). The van der Waals surface area contributed by atoms with E-state index in [0.717, 1.165) is 29.0 Å². The van der Waals surface area contributed by atoms with Crippen molar-refractivity contribution in [2.24, 2.45) is 10.7 Å². The minimum absolute atomic E-state index is 0.0752. The van der Waals surface area contributed by atoms with Gasteiger partial charge in [0.25, 0.3) is 0 Å². The van der Waals surface area contributed by atoms with Gasteiger partial charge in [0.15, 0.2) is 11.0 Å². The fourth-order valence-electron chi connectivity index (χ4n) is 2.59. The first-order valence-electron chi connectivity index (χ1n) is 7.71. The zero-order valence-corrected chi connectivity index (χ0v) is 14.5. The van der Waals surface area contributed by atoms with Gasteiger partial charge in [0, 0.05) is 30.8 Å². The summed E-state index contributed by atoms with van der Waals surface area (Å²) in [7, 11) is 0. The summed E-state index contributed by atoms with van der Waals surface area (Å²) in [6.45, 7) is 3.89. The van der Waals surface area contributed by atoms with Gasteiger partial charge in [-0.3, -0.25) is 19.8 Å². The summed E-state index contributed by atoms with van der Waals surface area (Å²) in [5.74, 6) is 0.849. The zero-order chi connectivity index (χ0) is 17.2. The summed E-state index contributed by atoms with van der Waals surface area (Å²) in [4.78, 5) is 29.5. The Labute approximate surface area is 145 Å². The van der Waals surface area contributed by atoms with Gasteiger partial charge in [0.1, 0.15) is 5.69 Å². The molecule has 0 unspecified atom stereocenters. The Morgan fingerprint density at radius 2 is 2.12 bits per heavy atom. The number of carbonyl (C=O) groups excluding carboxylic acids is 1. The van der Waals surface area contributed by atoms with Gasteiger partial charge in [-0.25, -0.2) is 4.98 Å². The Kier molecular flexibility index (Phi) is 4.62. The van der Waals surface area contributed by atoms with Crippen molar-refractivity contribution in [3.63, 3.8) is 0 Å². The van der Waals surface area contributed by atoms with E-state index < -0.39 is 0 Å². The second-order valence-electron chi connectivity index (χ2n) is 6.05. The molecular formula is C17H19N5OS. The van der Waals surface area contributed by atoms with Gasteiger partial charge < -0.3 is 5.73 Å². The van der Waals surface area contributed by atoms with Crippen LogP contribution < -0.4 is 5.73 Å². The number of aliphatic imine (C=N–C) groups is 1. The summed E-state index contributed by atoms with van der Waals surface area (Å²) in [5.41, 5.74) is 8.47. The van der Waals surface area contributed by atoms with E-state index >= 15 is 0 Å². The number of rotatable bonds is 4. The standard InChI is InChI=1S/C17H19N5OS/c1-11-7-21-14(10-20-11)15(23)6-12-5-13(9-19-8-12)17(2)3-4-24-16(18)22-17/h5,7-10H,3-4,6H2,1-2H3,(H2,18,22)/t17-/m0/s1. The molecule has 1 aliphatic heterocycles. The molecule has 0 aliphatic carbocycles. The molecule has 0 aromatic carbocycles. The molecule has 124 valence electrons. The second-order valence-corrected chi connectivity index (χ2v) is 7.16. The fourth-order valence-corrected chi connectivity index (χ4v) is 3.56. The molecule has 0 spiro atoms. The maximum atomic E-state index is 12.4. The fraction of sp³-hybridized carbons (Fsp3) is 0.353. The lowest BCUT2D eigenvalue weighted by atomic mass is 9.90. The minimum atomic E-state index is -0.384. The summed E-state index contributed by atoms with van der Waals surface area (Å²) >= 11 is 1.57. The van der Waals surface area contributed by atoms with Gasteiger partial charge in [-0.15, -0.1) is 0 Å². The van der Waals surface area contributed by atoms with Crippen molar-refractivity contribution in [2.75, 3.05) is 5.75 Å². The van der Waals surface area contributed by atoms with Crippen molar-refractivity contribution in [2.45, 2.75) is 32.2 Å². The van der Waals surface area contributed by atoms with Crippen molar-refractivity contribution < 1.29 is 4.79 Å². The van der Waals surface area contributed by atoms with Crippen LogP contribution in [0.15, 0.2) is 35.8 Å². The number of Topliss-reactive ketones (excluding diaryl/α,β-unsaturated/α-hetero) is 1. The highest BCUT2D eigenvalue weighted by Crippen LogP contribution is 2.34. The zero-order valence-electron chi connectivity index (χ0n) is 13.7. The first kappa shape index (κ1) is 16.6. The monoisotopic (exact) mass is 341 g/mol. The van der Waals surface area contributed by atoms with Crippen LogP contribution in [0.1, 0.15) is 40.7 Å². The number of carbonyl (C=O) groups is 1. The van der Waals surface area contributed by atoms with Crippen LogP contribution >= 0.6 is 11.8 Å². The Hall–Kier alpha value is -2.28. The maximum Gasteiger partial charge on any atom is 0.187 e. The van der Waals surface area contributed by atoms with Crippen LogP contribution in [0.5, 0.6) is 0 Å². The third kappa shape index (κ3) is 3.62. The number of ketones is 1. The third-order valence-corrected chi connectivity index (χ3v) is 4.84. The number of pyridine rings is 1. The van der Waals surface area contributed by atoms with Gasteiger partial charge in [-0.1, -0.05) is 11.8 Å². The van der Waals surface area contributed by atoms with Gasteiger partial charge in [0.2, 0.25) is 0 Å². The third-order valence-electron chi connectivity index (χ3n) is 4.04. The number of amidine groups is 1. The summed E-state index contributed by atoms with van der Waals surface area (Å²) in [6.07, 6.45) is 7.74. The molecule has 0 amide bonds. The molecule has 1 aliphatic rings. The molecule has 2 aromatic heterocycles. The lowest BCUT2D eigenvalue weighted by molar-refractivity contribution is 0.0987. The van der Waals surface area contributed by atoms with Crippen molar-refractivity contribution in [3.05, 3.63) is 53.4 Å². The molecule has 7 heteroatoms. The predicted molar refractivity (Wildman–Crippen MR) is 95.1 cm³/mol. The van der Waals surface area contributed by atoms with E-state index in [2.05, 4.69) is 19.9 Å². The first-order chi connectivity index (χ1) is 11.5. The summed E-state index contributed by atoms with van der Waals surface area (Å²) in [5, 5.41) is 0.597. The molecule has 0 saturated heterocycles. The lowest BCUT2D eigenvalue weighted by Crippen LogP contribution is -2.29. The topological polar surface area (TPSA) is 94.1 Å².